The van der Waals surface area contributed by atoms with E-state index in [9.17, 15) is 9.59 Å². The van der Waals surface area contributed by atoms with E-state index in [1.165, 1.54) is 17.8 Å². The molecule has 2 aromatic rings. The number of aryl methyl sites for hydroxylation is 1. The molecular weight excluding hydrogens is 314 g/mol. The van der Waals surface area contributed by atoms with Gasteiger partial charge in [-0.2, -0.15) is 0 Å². The first-order valence-electron chi connectivity index (χ1n) is 7.27. The molecule has 23 heavy (non-hydrogen) atoms. The lowest BCUT2D eigenvalue weighted by atomic mass is 10.3. The molecular formula is C16H19N3O3S. The van der Waals surface area contributed by atoms with Crippen LogP contribution < -0.4 is 15.6 Å². The Labute approximate surface area is 138 Å². The van der Waals surface area contributed by atoms with Crippen molar-refractivity contribution in [3.63, 3.8) is 0 Å². The summed E-state index contributed by atoms with van der Waals surface area (Å²) >= 11 is 1.20. The Morgan fingerprint density at radius 3 is 2.87 bits per heavy atom. The number of nitrogens with zero attached hydrogens (tertiary/aromatic N) is 1. The monoisotopic (exact) mass is 333 g/mol. The van der Waals surface area contributed by atoms with Crippen LogP contribution in [0.15, 0.2) is 40.3 Å². The van der Waals surface area contributed by atoms with E-state index in [1.54, 1.807) is 26.0 Å². The number of carbonyl (C=O) groups excluding carboxylic acids is 1. The molecule has 1 heterocycles. The molecule has 7 heteroatoms. The fourth-order valence-corrected chi connectivity index (χ4v) is 2.77. The second kappa shape index (κ2) is 7.82. The molecule has 1 amide bonds. The number of nitrogens with one attached hydrogen (secondary N) is 2. The molecule has 0 saturated carbocycles. The van der Waals surface area contributed by atoms with Gasteiger partial charge in [-0.3, -0.25) is 9.59 Å². The maximum absolute atomic E-state index is 12.3. The summed E-state index contributed by atoms with van der Waals surface area (Å²) in [7, 11) is 0. The van der Waals surface area contributed by atoms with Gasteiger partial charge < -0.3 is 15.0 Å². The van der Waals surface area contributed by atoms with E-state index in [1.807, 2.05) is 19.1 Å². The van der Waals surface area contributed by atoms with Crippen molar-refractivity contribution < 1.29 is 9.53 Å². The lowest BCUT2D eigenvalue weighted by Crippen LogP contribution is -2.23. The highest BCUT2D eigenvalue weighted by atomic mass is 32.2. The van der Waals surface area contributed by atoms with Gasteiger partial charge >= 0.3 is 0 Å². The Morgan fingerprint density at radius 1 is 1.43 bits per heavy atom. The van der Waals surface area contributed by atoms with Gasteiger partial charge in [0.25, 0.3) is 5.56 Å². The van der Waals surface area contributed by atoms with E-state index in [0.29, 0.717) is 28.9 Å². The number of hydrogen-bond acceptors (Lipinski definition) is 5. The number of hydrogen-bond donors (Lipinski definition) is 2. The van der Waals surface area contributed by atoms with Crippen molar-refractivity contribution >= 4 is 23.4 Å². The molecule has 1 atom stereocenters. The van der Waals surface area contributed by atoms with Gasteiger partial charge in [-0.05, 0) is 32.9 Å². The Morgan fingerprint density at radius 2 is 2.17 bits per heavy atom. The summed E-state index contributed by atoms with van der Waals surface area (Å²) < 4.78 is 5.49. The largest absolute Gasteiger partial charge is 0.492 e. The number of ether oxygens (including phenoxy) is 1. The molecule has 0 spiro atoms. The van der Waals surface area contributed by atoms with Crippen molar-refractivity contribution in [3.05, 3.63) is 46.4 Å². The zero-order valence-corrected chi connectivity index (χ0v) is 14.1. The first-order chi connectivity index (χ1) is 11.0. The molecule has 122 valence electrons. The van der Waals surface area contributed by atoms with Crippen LogP contribution in [0.1, 0.15) is 19.5 Å². The first-order valence-corrected chi connectivity index (χ1v) is 8.15. The summed E-state index contributed by atoms with van der Waals surface area (Å²) in [5.41, 5.74) is 1.01. The molecule has 0 aliphatic carbocycles. The summed E-state index contributed by atoms with van der Waals surface area (Å²) in [6, 6.07) is 8.67. The van der Waals surface area contributed by atoms with E-state index in [4.69, 9.17) is 4.74 Å². The lowest BCUT2D eigenvalue weighted by molar-refractivity contribution is -0.115. The number of amides is 1. The Balaban J connectivity index is 2.07. The number of H-pyrrole nitrogens is 1. The normalized spacial score (nSPS) is 11.8. The molecule has 6 nitrogen and oxygen atoms in total. The van der Waals surface area contributed by atoms with Gasteiger partial charge in [0.2, 0.25) is 5.91 Å². The lowest BCUT2D eigenvalue weighted by Gasteiger charge is -2.14. The minimum Gasteiger partial charge on any atom is -0.492 e. The number of aromatic amines is 1. The maximum atomic E-state index is 12.3. The predicted molar refractivity (Wildman–Crippen MR) is 91.2 cm³/mol. The molecule has 0 saturated heterocycles. The van der Waals surface area contributed by atoms with Crippen LogP contribution in [0, 0.1) is 6.92 Å². The third-order valence-electron chi connectivity index (χ3n) is 2.95. The van der Waals surface area contributed by atoms with Gasteiger partial charge in [-0.1, -0.05) is 23.9 Å². The number of rotatable bonds is 6. The number of carbonyl (C=O) groups is 1. The molecule has 2 N–H and O–H groups in total. The third-order valence-corrected chi connectivity index (χ3v) is 3.93. The number of thioether (sulfide) groups is 1. The smallest absolute Gasteiger partial charge is 0.251 e. The summed E-state index contributed by atoms with van der Waals surface area (Å²) in [6.07, 6.45) is 0. The highest BCUT2D eigenvalue weighted by Gasteiger charge is 2.17. The Kier molecular flexibility index (Phi) is 5.81. The van der Waals surface area contributed by atoms with Crippen LogP contribution in [0.5, 0.6) is 5.75 Å². The molecule has 1 aromatic heterocycles. The Hall–Kier alpha value is -2.28. The second-order valence-corrected chi connectivity index (χ2v) is 6.20. The van der Waals surface area contributed by atoms with Crippen molar-refractivity contribution in [2.75, 3.05) is 11.9 Å². The standard InChI is InChI=1S/C16H19N3O3S/c1-4-22-13-8-6-5-7-12(13)18-15(21)11(3)23-16-17-10(2)9-14(20)19-16/h5-9,11H,4H2,1-3H3,(H,18,21)(H,17,19,20). The van der Waals surface area contributed by atoms with E-state index < -0.39 is 5.25 Å². The summed E-state index contributed by atoms with van der Waals surface area (Å²) in [5.74, 6) is 0.439. The van der Waals surface area contributed by atoms with Gasteiger partial charge in [-0.25, -0.2) is 4.98 Å². The van der Waals surface area contributed by atoms with Crippen LogP contribution in [0.25, 0.3) is 0 Å². The molecule has 0 bridgehead atoms. The predicted octanol–water partition coefficient (Wildman–Crippen LogP) is 2.60. The van der Waals surface area contributed by atoms with E-state index in [-0.39, 0.29) is 11.5 Å². The molecule has 0 fully saturated rings. The molecule has 1 aromatic carbocycles. The summed E-state index contributed by atoms with van der Waals surface area (Å²) in [4.78, 5) is 30.6. The SMILES string of the molecule is CCOc1ccccc1NC(=O)C(C)Sc1nc(C)cc(=O)[nH]1. The van der Waals surface area contributed by atoms with Crippen molar-refractivity contribution in [2.24, 2.45) is 0 Å². The molecule has 2 rings (SSSR count). The average Bonchev–Trinajstić information content (AvgIpc) is 2.48. The fourth-order valence-electron chi connectivity index (χ4n) is 1.91. The molecule has 0 aliphatic rings. The van der Waals surface area contributed by atoms with Crippen LogP contribution >= 0.6 is 11.8 Å². The molecule has 1 unspecified atom stereocenters. The third kappa shape index (κ3) is 4.85. The van der Waals surface area contributed by atoms with Crippen molar-refractivity contribution in [2.45, 2.75) is 31.2 Å². The second-order valence-electron chi connectivity index (χ2n) is 4.87. The van der Waals surface area contributed by atoms with Crippen molar-refractivity contribution in [1.82, 2.24) is 9.97 Å². The van der Waals surface area contributed by atoms with Crippen molar-refractivity contribution in [1.29, 1.82) is 0 Å². The van der Waals surface area contributed by atoms with Gasteiger partial charge in [0.1, 0.15) is 5.75 Å². The maximum Gasteiger partial charge on any atom is 0.251 e. The highest BCUT2D eigenvalue weighted by Crippen LogP contribution is 2.26. The van der Waals surface area contributed by atoms with Crippen molar-refractivity contribution in [3.8, 4) is 5.75 Å². The zero-order chi connectivity index (χ0) is 16.8. The topological polar surface area (TPSA) is 84.1 Å². The van der Waals surface area contributed by atoms with Crippen LogP contribution in [-0.4, -0.2) is 27.7 Å². The Bertz CT molecular complexity index is 745. The fraction of sp³-hybridized carbons (Fsp3) is 0.312. The highest BCUT2D eigenvalue weighted by molar-refractivity contribution is 8.00. The number of aromatic nitrogens is 2. The van der Waals surface area contributed by atoms with Crippen LogP contribution in [0.3, 0.4) is 0 Å². The van der Waals surface area contributed by atoms with E-state index >= 15 is 0 Å². The van der Waals surface area contributed by atoms with E-state index in [0.717, 1.165) is 0 Å². The summed E-state index contributed by atoms with van der Waals surface area (Å²) in [6.45, 7) is 5.90. The minimum atomic E-state index is -0.422. The molecule has 0 radical (unpaired) electrons. The number of anilines is 1. The van der Waals surface area contributed by atoms with Gasteiger partial charge in [0.05, 0.1) is 17.5 Å². The average molecular weight is 333 g/mol. The van der Waals surface area contributed by atoms with Gasteiger partial charge in [-0.15, -0.1) is 0 Å². The van der Waals surface area contributed by atoms with Crippen LogP contribution in [-0.2, 0) is 4.79 Å². The minimum absolute atomic E-state index is 0.189. The van der Waals surface area contributed by atoms with Gasteiger partial charge in [0.15, 0.2) is 5.16 Å². The van der Waals surface area contributed by atoms with Gasteiger partial charge in [0, 0.05) is 11.8 Å². The van der Waals surface area contributed by atoms with Crippen LogP contribution in [0.4, 0.5) is 5.69 Å². The molecule has 0 aliphatic heterocycles. The van der Waals surface area contributed by atoms with E-state index in [2.05, 4.69) is 15.3 Å². The number of benzene rings is 1. The summed E-state index contributed by atoms with van der Waals surface area (Å²) in [5, 5.41) is 2.84. The van der Waals surface area contributed by atoms with Crippen LogP contribution in [0.2, 0.25) is 0 Å². The quantitative estimate of drug-likeness (QED) is 0.627. The first kappa shape index (κ1) is 17.1. The number of para-hydroxylation sites is 2. The zero-order valence-electron chi connectivity index (χ0n) is 13.3.